The fourth-order valence-corrected chi connectivity index (χ4v) is 4.69. The predicted octanol–water partition coefficient (Wildman–Crippen LogP) is 2.79. The van der Waals surface area contributed by atoms with Gasteiger partial charge in [-0.25, -0.2) is 8.42 Å². The van der Waals surface area contributed by atoms with Gasteiger partial charge in [0.05, 0.1) is 15.5 Å². The van der Waals surface area contributed by atoms with Gasteiger partial charge < -0.3 is 4.90 Å². The molecule has 1 aliphatic rings. The van der Waals surface area contributed by atoms with Crippen LogP contribution in [0.4, 0.5) is 0 Å². The number of nitrogens with zero attached hydrogens (tertiary/aromatic N) is 3. The lowest BCUT2D eigenvalue weighted by Crippen LogP contribution is -2.29. The Morgan fingerprint density at radius 3 is 2.65 bits per heavy atom. The largest absolute Gasteiger partial charge is 0.337 e. The highest BCUT2D eigenvalue weighted by Crippen LogP contribution is 2.26. The minimum absolute atomic E-state index is 0.0990. The molecule has 26 heavy (non-hydrogen) atoms. The van der Waals surface area contributed by atoms with E-state index in [0.717, 1.165) is 18.4 Å². The normalized spacial score (nSPS) is 15.2. The fraction of sp³-hybridized carbons (Fsp3) is 0.333. The molecule has 8 heteroatoms. The lowest BCUT2D eigenvalue weighted by Gasteiger charge is -2.20. The van der Waals surface area contributed by atoms with Crippen LogP contribution in [-0.4, -0.2) is 48.7 Å². The highest BCUT2D eigenvalue weighted by atomic mass is 35.5. The van der Waals surface area contributed by atoms with E-state index in [1.54, 1.807) is 25.5 Å². The summed E-state index contributed by atoms with van der Waals surface area (Å²) in [6, 6.07) is 7.96. The summed E-state index contributed by atoms with van der Waals surface area (Å²) >= 11 is 6.18. The molecule has 6 nitrogen and oxygen atoms in total. The molecular weight excluding hydrogens is 374 g/mol. The number of hydrogen-bond acceptors (Lipinski definition) is 4. The summed E-state index contributed by atoms with van der Waals surface area (Å²) in [5, 5.41) is 0.230. The van der Waals surface area contributed by atoms with E-state index in [2.05, 4.69) is 4.98 Å². The number of benzene rings is 1. The maximum absolute atomic E-state index is 12.8. The molecule has 1 aromatic carbocycles. The number of rotatable bonds is 5. The van der Waals surface area contributed by atoms with E-state index >= 15 is 0 Å². The van der Waals surface area contributed by atoms with Crippen molar-refractivity contribution in [3.63, 3.8) is 0 Å². The van der Waals surface area contributed by atoms with Gasteiger partial charge in [0.25, 0.3) is 5.91 Å². The lowest BCUT2D eigenvalue weighted by atomic mass is 10.2. The van der Waals surface area contributed by atoms with E-state index in [-0.39, 0.29) is 21.4 Å². The number of sulfonamides is 1. The van der Waals surface area contributed by atoms with Crippen molar-refractivity contribution in [1.82, 2.24) is 14.2 Å². The zero-order valence-corrected chi connectivity index (χ0v) is 16.0. The van der Waals surface area contributed by atoms with Crippen LogP contribution >= 0.6 is 11.6 Å². The van der Waals surface area contributed by atoms with Crippen molar-refractivity contribution in [3.05, 3.63) is 58.9 Å². The highest BCUT2D eigenvalue weighted by molar-refractivity contribution is 7.89. The highest BCUT2D eigenvalue weighted by Gasteiger charge is 2.28. The molecule has 1 fully saturated rings. The number of aromatic nitrogens is 1. The van der Waals surface area contributed by atoms with Gasteiger partial charge in [-0.2, -0.15) is 4.31 Å². The Hall–Kier alpha value is -1.96. The molecule has 1 aliphatic heterocycles. The Morgan fingerprint density at radius 1 is 1.27 bits per heavy atom. The van der Waals surface area contributed by atoms with E-state index in [4.69, 9.17) is 11.6 Å². The number of pyridine rings is 1. The first-order chi connectivity index (χ1) is 12.4. The van der Waals surface area contributed by atoms with Crippen molar-refractivity contribution in [2.24, 2.45) is 0 Å². The van der Waals surface area contributed by atoms with Crippen molar-refractivity contribution < 1.29 is 13.2 Å². The maximum Gasteiger partial charge on any atom is 0.255 e. The predicted molar refractivity (Wildman–Crippen MR) is 99.5 cm³/mol. The molecule has 0 radical (unpaired) electrons. The molecule has 2 heterocycles. The minimum Gasteiger partial charge on any atom is -0.337 e. The first-order valence-corrected chi connectivity index (χ1v) is 10.2. The van der Waals surface area contributed by atoms with Crippen LogP contribution < -0.4 is 0 Å². The average molecular weight is 394 g/mol. The molecule has 0 aliphatic carbocycles. The molecule has 1 aromatic heterocycles. The van der Waals surface area contributed by atoms with Crippen molar-refractivity contribution in [2.45, 2.75) is 24.3 Å². The smallest absolute Gasteiger partial charge is 0.255 e. The van der Waals surface area contributed by atoms with Gasteiger partial charge in [0.1, 0.15) is 0 Å². The number of hydrogen-bond donors (Lipinski definition) is 0. The second kappa shape index (κ2) is 7.73. The number of amides is 1. The van der Waals surface area contributed by atoms with Gasteiger partial charge in [-0.05, 0) is 42.7 Å². The number of carbonyl (C=O) groups excluding carboxylic acids is 1. The van der Waals surface area contributed by atoms with Crippen LogP contribution in [0.25, 0.3) is 0 Å². The Labute approximate surface area is 158 Å². The first kappa shape index (κ1) is 18.8. The third kappa shape index (κ3) is 3.90. The van der Waals surface area contributed by atoms with Crippen LogP contribution in [0.3, 0.4) is 0 Å². The maximum atomic E-state index is 12.8. The van der Waals surface area contributed by atoms with E-state index in [1.165, 1.54) is 27.4 Å². The summed E-state index contributed by atoms with van der Waals surface area (Å²) in [6.45, 7) is 1.37. The van der Waals surface area contributed by atoms with Crippen LogP contribution in [0.5, 0.6) is 0 Å². The molecule has 2 aromatic rings. The SMILES string of the molecule is CN(Cc1cccnc1)C(=O)c1cc(S(=O)(=O)N2CCCC2)ccc1Cl. The van der Waals surface area contributed by atoms with Crippen LogP contribution in [0.1, 0.15) is 28.8 Å². The Bertz CT molecular complexity index is 897. The molecule has 1 amide bonds. The average Bonchev–Trinajstić information content (AvgIpc) is 3.18. The van der Waals surface area contributed by atoms with E-state index < -0.39 is 10.0 Å². The summed E-state index contributed by atoms with van der Waals surface area (Å²) in [7, 11) is -1.96. The molecule has 0 spiro atoms. The molecule has 0 bridgehead atoms. The second-order valence-electron chi connectivity index (χ2n) is 6.28. The monoisotopic (exact) mass is 393 g/mol. The van der Waals surface area contributed by atoms with E-state index in [9.17, 15) is 13.2 Å². The molecular formula is C18H20ClN3O3S. The first-order valence-electron chi connectivity index (χ1n) is 8.33. The number of carbonyl (C=O) groups is 1. The van der Waals surface area contributed by atoms with E-state index in [0.29, 0.717) is 19.6 Å². The minimum atomic E-state index is -3.60. The Kier molecular flexibility index (Phi) is 5.60. The molecule has 1 saturated heterocycles. The molecule has 0 unspecified atom stereocenters. The van der Waals surface area contributed by atoms with Gasteiger partial charge in [0.15, 0.2) is 0 Å². The van der Waals surface area contributed by atoms with Gasteiger partial charge in [-0.15, -0.1) is 0 Å². The van der Waals surface area contributed by atoms with Gasteiger partial charge in [-0.1, -0.05) is 17.7 Å². The summed E-state index contributed by atoms with van der Waals surface area (Å²) in [5.74, 6) is -0.336. The van der Waals surface area contributed by atoms with Crippen molar-refractivity contribution in [3.8, 4) is 0 Å². The van der Waals surface area contributed by atoms with Crippen LogP contribution in [0.2, 0.25) is 5.02 Å². The molecule has 0 N–H and O–H groups in total. The van der Waals surface area contributed by atoms with Crippen molar-refractivity contribution in [2.75, 3.05) is 20.1 Å². The lowest BCUT2D eigenvalue weighted by molar-refractivity contribution is 0.0785. The van der Waals surface area contributed by atoms with Crippen molar-refractivity contribution >= 4 is 27.5 Å². The van der Waals surface area contributed by atoms with Crippen LogP contribution in [-0.2, 0) is 16.6 Å². The Morgan fingerprint density at radius 2 is 2.00 bits per heavy atom. The fourth-order valence-electron chi connectivity index (χ4n) is 2.95. The third-order valence-electron chi connectivity index (χ3n) is 4.36. The standard InChI is InChI=1S/C18H20ClN3O3S/c1-21(13-14-5-4-8-20-12-14)18(23)16-11-15(6-7-17(16)19)26(24,25)22-9-2-3-10-22/h4-8,11-12H,2-3,9-10,13H2,1H3. The zero-order chi connectivity index (χ0) is 18.7. The van der Waals surface area contributed by atoms with Crippen molar-refractivity contribution in [1.29, 1.82) is 0 Å². The zero-order valence-electron chi connectivity index (χ0n) is 14.4. The summed E-state index contributed by atoms with van der Waals surface area (Å²) < 4.78 is 26.9. The Balaban J connectivity index is 1.86. The van der Waals surface area contributed by atoms with Gasteiger partial charge >= 0.3 is 0 Å². The molecule has 3 rings (SSSR count). The molecule has 0 saturated carbocycles. The van der Waals surface area contributed by atoms with Gasteiger partial charge in [-0.3, -0.25) is 9.78 Å². The topological polar surface area (TPSA) is 70.6 Å². The molecule has 0 atom stereocenters. The summed E-state index contributed by atoms with van der Waals surface area (Å²) in [4.78, 5) is 18.4. The second-order valence-corrected chi connectivity index (χ2v) is 8.62. The quantitative estimate of drug-likeness (QED) is 0.783. The van der Waals surface area contributed by atoms with Gasteiger partial charge in [0, 0.05) is 39.1 Å². The summed E-state index contributed by atoms with van der Waals surface area (Å²) in [5.41, 5.74) is 1.05. The van der Waals surface area contributed by atoms with E-state index in [1.807, 2.05) is 6.07 Å². The molecule has 138 valence electrons. The van der Waals surface area contributed by atoms with Gasteiger partial charge in [0.2, 0.25) is 10.0 Å². The third-order valence-corrected chi connectivity index (χ3v) is 6.58. The number of halogens is 1. The summed E-state index contributed by atoms with van der Waals surface area (Å²) in [6.07, 6.45) is 5.05. The van der Waals surface area contributed by atoms with Crippen LogP contribution in [0, 0.1) is 0 Å². The van der Waals surface area contributed by atoms with Crippen LogP contribution in [0.15, 0.2) is 47.6 Å².